The first-order chi connectivity index (χ1) is 9.11. The quantitative estimate of drug-likeness (QED) is 0.755. The zero-order valence-corrected chi connectivity index (χ0v) is 11.5. The minimum atomic E-state index is -0.645. The molecule has 1 aliphatic rings. The zero-order valence-electron chi connectivity index (χ0n) is 10.6. The summed E-state index contributed by atoms with van der Waals surface area (Å²) in [6.45, 7) is 3.46. The Bertz CT molecular complexity index is 562. The smallest absolute Gasteiger partial charge is 0.342 e. The Morgan fingerprint density at radius 3 is 2.68 bits per heavy atom. The molecule has 8 heteroatoms. The van der Waals surface area contributed by atoms with Gasteiger partial charge < -0.3 is 4.90 Å². The normalized spacial score (nSPS) is 16.6. The third-order valence-electron chi connectivity index (χ3n) is 3.00. The third kappa shape index (κ3) is 3.25. The van der Waals surface area contributed by atoms with Crippen molar-refractivity contribution in [2.45, 2.75) is 36.5 Å². The number of rotatable bonds is 4. The number of aromatic nitrogens is 3. The number of H-pyrrole nitrogens is 2. The fourth-order valence-electron chi connectivity index (χ4n) is 2.00. The molecule has 1 aliphatic heterocycles. The lowest BCUT2D eigenvalue weighted by Crippen LogP contribution is -2.36. The molecule has 19 heavy (non-hydrogen) atoms. The Morgan fingerprint density at radius 1 is 1.42 bits per heavy atom. The van der Waals surface area contributed by atoms with Crippen molar-refractivity contribution in [3.63, 3.8) is 0 Å². The van der Waals surface area contributed by atoms with Crippen LogP contribution in [0.3, 0.4) is 0 Å². The van der Waals surface area contributed by atoms with Crippen LogP contribution in [0.4, 0.5) is 0 Å². The number of nitrogens with one attached hydrogen (secondary N) is 2. The van der Waals surface area contributed by atoms with Gasteiger partial charge in [0, 0.05) is 13.1 Å². The third-order valence-corrected chi connectivity index (χ3v) is 4.32. The molecule has 0 saturated carbocycles. The zero-order chi connectivity index (χ0) is 13.8. The number of carbonyl (C=O) groups excluding carboxylic acids is 1. The fourth-order valence-corrected chi connectivity index (χ4v) is 2.94. The molecule has 0 spiro atoms. The average molecular weight is 284 g/mol. The summed E-state index contributed by atoms with van der Waals surface area (Å²) < 4.78 is 0. The van der Waals surface area contributed by atoms with Crippen molar-refractivity contribution in [1.29, 1.82) is 0 Å². The summed E-state index contributed by atoms with van der Waals surface area (Å²) in [4.78, 5) is 38.6. The van der Waals surface area contributed by atoms with E-state index in [1.165, 1.54) is 0 Å². The van der Waals surface area contributed by atoms with Crippen LogP contribution in [0.2, 0.25) is 0 Å². The van der Waals surface area contributed by atoms with Crippen LogP contribution in [0.15, 0.2) is 14.6 Å². The molecule has 1 aromatic rings. The molecule has 0 radical (unpaired) electrons. The van der Waals surface area contributed by atoms with Gasteiger partial charge in [0.25, 0.3) is 5.56 Å². The largest absolute Gasteiger partial charge is 0.342 e. The van der Waals surface area contributed by atoms with Crippen molar-refractivity contribution in [3.05, 3.63) is 20.8 Å². The van der Waals surface area contributed by atoms with E-state index in [0.717, 1.165) is 37.7 Å². The van der Waals surface area contributed by atoms with Crippen molar-refractivity contribution >= 4 is 17.7 Å². The van der Waals surface area contributed by atoms with Gasteiger partial charge >= 0.3 is 5.69 Å². The van der Waals surface area contributed by atoms with E-state index in [1.807, 2.05) is 11.8 Å². The van der Waals surface area contributed by atoms with Gasteiger partial charge in [-0.05, 0) is 19.3 Å². The number of carbonyl (C=O) groups is 1. The highest BCUT2D eigenvalue weighted by atomic mass is 32.2. The molecule has 2 heterocycles. The first kappa shape index (κ1) is 13.9. The second-order valence-electron chi connectivity index (χ2n) is 4.36. The number of amides is 1. The molecule has 2 N–H and O–H groups in total. The fraction of sp³-hybridized carbons (Fsp3) is 0.636. The topological polar surface area (TPSA) is 98.9 Å². The molecule has 1 amide bonds. The molecule has 1 aromatic heterocycles. The second-order valence-corrected chi connectivity index (χ2v) is 5.55. The molecule has 0 aliphatic carbocycles. The summed E-state index contributed by atoms with van der Waals surface area (Å²) in [5.41, 5.74) is -1.20. The van der Waals surface area contributed by atoms with Crippen LogP contribution >= 0.6 is 11.8 Å². The number of hydrogen-bond donors (Lipinski definition) is 2. The lowest BCUT2D eigenvalue weighted by Gasteiger charge is -2.21. The Hall–Kier alpha value is -1.57. The lowest BCUT2D eigenvalue weighted by molar-refractivity contribution is -0.129. The summed E-state index contributed by atoms with van der Waals surface area (Å²) in [6.07, 6.45) is 2.68. The maximum absolute atomic E-state index is 12.3. The Labute approximate surface area is 113 Å². The van der Waals surface area contributed by atoms with Crippen LogP contribution in [0, 0.1) is 0 Å². The van der Waals surface area contributed by atoms with Crippen molar-refractivity contribution in [2.24, 2.45) is 0 Å². The van der Waals surface area contributed by atoms with Crippen molar-refractivity contribution in [2.75, 3.05) is 13.1 Å². The number of aromatic amines is 2. The lowest BCUT2D eigenvalue weighted by atomic mass is 10.3. The van der Waals surface area contributed by atoms with Crippen molar-refractivity contribution < 1.29 is 4.79 Å². The van der Waals surface area contributed by atoms with E-state index in [-0.39, 0.29) is 16.2 Å². The first-order valence-corrected chi connectivity index (χ1v) is 7.14. The molecule has 104 valence electrons. The van der Waals surface area contributed by atoms with Gasteiger partial charge in [-0.15, -0.1) is 0 Å². The molecule has 0 unspecified atom stereocenters. The van der Waals surface area contributed by atoms with Crippen LogP contribution in [0.25, 0.3) is 0 Å². The maximum atomic E-state index is 12.3. The Morgan fingerprint density at radius 2 is 2.11 bits per heavy atom. The monoisotopic (exact) mass is 284 g/mol. The van der Waals surface area contributed by atoms with Gasteiger partial charge in [0.15, 0.2) is 5.03 Å². The van der Waals surface area contributed by atoms with Crippen LogP contribution in [0.1, 0.15) is 26.2 Å². The van der Waals surface area contributed by atoms with E-state index in [2.05, 4.69) is 15.2 Å². The van der Waals surface area contributed by atoms with Gasteiger partial charge in [-0.25, -0.2) is 9.89 Å². The van der Waals surface area contributed by atoms with Crippen LogP contribution in [-0.4, -0.2) is 44.3 Å². The van der Waals surface area contributed by atoms with E-state index >= 15 is 0 Å². The minimum absolute atomic E-state index is 0.0393. The van der Waals surface area contributed by atoms with Gasteiger partial charge in [-0.1, -0.05) is 18.7 Å². The van der Waals surface area contributed by atoms with Crippen LogP contribution in [-0.2, 0) is 4.79 Å². The van der Waals surface area contributed by atoms with Gasteiger partial charge in [0.2, 0.25) is 5.91 Å². The predicted octanol–water partition coefficient (Wildman–Crippen LogP) is -0.0487. The van der Waals surface area contributed by atoms with Crippen LogP contribution in [0.5, 0.6) is 0 Å². The first-order valence-electron chi connectivity index (χ1n) is 6.26. The van der Waals surface area contributed by atoms with Gasteiger partial charge in [0.1, 0.15) is 0 Å². The van der Waals surface area contributed by atoms with Crippen LogP contribution < -0.4 is 11.2 Å². The molecule has 0 aromatic carbocycles. The summed E-state index contributed by atoms with van der Waals surface area (Å²) >= 11 is 1.10. The average Bonchev–Trinajstić information content (AvgIpc) is 2.91. The number of likely N-dealkylation sites (tertiary alicyclic amines) is 1. The molecular weight excluding hydrogens is 268 g/mol. The standard InChI is InChI=1S/C11H16N4O3S/c1-2-7(10(17)15-5-3-4-6-15)19-9-8(16)12-11(18)14-13-9/h7H,2-6H2,1H3,(H2,12,14,16,18)/t7-/m1/s1. The number of nitrogens with zero attached hydrogens (tertiary/aromatic N) is 2. The van der Waals surface area contributed by atoms with Gasteiger partial charge in [-0.3, -0.25) is 14.6 Å². The van der Waals surface area contributed by atoms with E-state index in [4.69, 9.17) is 0 Å². The van der Waals surface area contributed by atoms with E-state index < -0.39 is 11.2 Å². The SMILES string of the molecule is CC[C@@H](Sc1n[nH]c(=O)[nH]c1=O)C(=O)N1CCCC1. The summed E-state index contributed by atoms with van der Waals surface area (Å²) in [7, 11) is 0. The molecular formula is C11H16N4O3S. The number of thioether (sulfide) groups is 1. The predicted molar refractivity (Wildman–Crippen MR) is 71.2 cm³/mol. The molecule has 2 rings (SSSR count). The van der Waals surface area contributed by atoms with Gasteiger partial charge in [0.05, 0.1) is 5.25 Å². The summed E-state index contributed by atoms with van der Waals surface area (Å²) in [5, 5.41) is 5.65. The summed E-state index contributed by atoms with van der Waals surface area (Å²) in [6, 6.07) is 0. The van der Waals surface area contributed by atoms with E-state index in [0.29, 0.717) is 6.42 Å². The second kappa shape index (κ2) is 6.05. The van der Waals surface area contributed by atoms with Crippen molar-refractivity contribution in [3.8, 4) is 0 Å². The Balaban J connectivity index is 2.12. The highest BCUT2D eigenvalue weighted by Gasteiger charge is 2.27. The number of hydrogen-bond acceptors (Lipinski definition) is 5. The van der Waals surface area contributed by atoms with E-state index in [9.17, 15) is 14.4 Å². The highest BCUT2D eigenvalue weighted by Crippen LogP contribution is 2.23. The molecule has 0 bridgehead atoms. The molecule has 1 saturated heterocycles. The molecule has 1 fully saturated rings. The molecule has 1 atom stereocenters. The van der Waals surface area contributed by atoms with Gasteiger partial charge in [-0.2, -0.15) is 5.10 Å². The van der Waals surface area contributed by atoms with E-state index in [1.54, 1.807) is 0 Å². The maximum Gasteiger partial charge on any atom is 0.342 e. The van der Waals surface area contributed by atoms with Crippen molar-refractivity contribution in [1.82, 2.24) is 20.1 Å². The Kier molecular flexibility index (Phi) is 4.41. The summed E-state index contributed by atoms with van der Waals surface area (Å²) in [5.74, 6) is 0.0393. The minimum Gasteiger partial charge on any atom is -0.342 e. The molecule has 7 nitrogen and oxygen atoms in total. The highest BCUT2D eigenvalue weighted by molar-refractivity contribution is 8.00.